The molecule has 6 nitrogen and oxygen atoms in total. The minimum absolute atomic E-state index is 0.0636. The summed E-state index contributed by atoms with van der Waals surface area (Å²) in [6.07, 6.45) is -1.86. The number of hydrogen-bond acceptors (Lipinski definition) is 6. The molecule has 0 saturated carbocycles. The van der Waals surface area contributed by atoms with Gasteiger partial charge in [0.25, 0.3) is 12.3 Å². The first kappa shape index (κ1) is 20.0. The van der Waals surface area contributed by atoms with E-state index in [4.69, 9.17) is 5.73 Å². The first-order valence-electron chi connectivity index (χ1n) is 8.52. The summed E-state index contributed by atoms with van der Waals surface area (Å²) >= 11 is 1.20. The zero-order valence-corrected chi connectivity index (χ0v) is 16.1. The van der Waals surface area contributed by atoms with E-state index < -0.39 is 35.2 Å². The summed E-state index contributed by atoms with van der Waals surface area (Å²) < 4.78 is 56.0. The molecule has 4 rings (SSSR count). The average Bonchev–Trinajstić information content (AvgIpc) is 3.32. The van der Waals surface area contributed by atoms with Gasteiger partial charge in [0.05, 0.1) is 11.2 Å². The monoisotopic (exact) mass is 435 g/mol. The number of nitrogens with two attached hydrogens (primary N) is 1. The number of aliphatic imine (C=N–C) groups is 1. The van der Waals surface area contributed by atoms with Gasteiger partial charge >= 0.3 is 0 Å². The van der Waals surface area contributed by atoms with Crippen LogP contribution >= 0.6 is 11.3 Å². The minimum Gasteiger partial charge on any atom is -0.369 e. The molecule has 0 spiro atoms. The topological polar surface area (TPSA) is 84.5 Å². The quantitative estimate of drug-likeness (QED) is 0.637. The van der Waals surface area contributed by atoms with Crippen LogP contribution in [0.25, 0.3) is 11.3 Å². The summed E-state index contributed by atoms with van der Waals surface area (Å²) in [5.41, 5.74) is 4.30. The summed E-state index contributed by atoms with van der Waals surface area (Å²) in [6, 6.07) is 3.95. The van der Waals surface area contributed by atoms with Crippen molar-refractivity contribution in [1.82, 2.24) is 14.9 Å². The molecule has 1 atom stereocenters. The molecule has 1 aromatic carbocycles. The minimum atomic E-state index is -2.93. The van der Waals surface area contributed by atoms with E-state index in [1.165, 1.54) is 30.0 Å². The predicted molar refractivity (Wildman–Crippen MR) is 102 cm³/mol. The molecule has 0 bridgehead atoms. The highest BCUT2D eigenvalue weighted by Gasteiger charge is 2.51. The van der Waals surface area contributed by atoms with E-state index in [0.29, 0.717) is 6.07 Å². The van der Waals surface area contributed by atoms with E-state index in [9.17, 15) is 18.0 Å². The Bertz CT molecular complexity index is 1170. The van der Waals surface area contributed by atoms with Gasteiger partial charge in [0.15, 0.2) is 11.5 Å². The van der Waals surface area contributed by atoms with E-state index >= 15 is 4.39 Å². The highest BCUT2D eigenvalue weighted by Crippen LogP contribution is 2.42. The Balaban J connectivity index is 2.03. The number of nitrogens with zero attached hydrogens (tertiary/aromatic N) is 4. The van der Waals surface area contributed by atoms with Crippen molar-refractivity contribution < 1.29 is 22.4 Å². The lowest BCUT2D eigenvalue weighted by atomic mass is 9.81. The third-order valence-corrected chi connectivity index (χ3v) is 5.40. The Labute approximate surface area is 171 Å². The molecule has 1 amide bonds. The van der Waals surface area contributed by atoms with E-state index in [0.717, 1.165) is 23.2 Å². The summed E-state index contributed by atoms with van der Waals surface area (Å²) in [6.45, 7) is 0. The first-order chi connectivity index (χ1) is 14.3. The number of alkyl halides is 2. The molecule has 2 aromatic heterocycles. The van der Waals surface area contributed by atoms with Crippen LogP contribution in [-0.2, 0) is 10.3 Å². The molecule has 30 heavy (non-hydrogen) atoms. The molecule has 154 valence electrons. The van der Waals surface area contributed by atoms with Crippen molar-refractivity contribution >= 4 is 23.2 Å². The van der Waals surface area contributed by atoms with Crippen molar-refractivity contribution in [2.45, 2.75) is 12.0 Å². The average molecular weight is 435 g/mol. The van der Waals surface area contributed by atoms with Gasteiger partial charge in [-0.1, -0.05) is 0 Å². The number of likely N-dealkylation sites (N-methyl/N-ethyl adjacent to an activating group) is 1. The Morgan fingerprint density at radius 2 is 1.93 bits per heavy atom. The number of pyridine rings is 1. The molecule has 3 aromatic rings. The lowest BCUT2D eigenvalue weighted by Crippen LogP contribution is -2.41. The maximum Gasteiger partial charge on any atom is 0.280 e. The van der Waals surface area contributed by atoms with Gasteiger partial charge in [-0.15, -0.1) is 11.3 Å². The van der Waals surface area contributed by atoms with Crippen molar-refractivity contribution in [2.75, 3.05) is 7.05 Å². The first-order valence-corrected chi connectivity index (χ1v) is 9.46. The number of hydrogen-bond donors (Lipinski definition) is 1. The Hall–Kier alpha value is -3.34. The fourth-order valence-electron chi connectivity index (χ4n) is 3.32. The van der Waals surface area contributed by atoms with Gasteiger partial charge in [-0.05, 0) is 23.8 Å². The third-order valence-electron chi connectivity index (χ3n) is 4.82. The molecule has 1 aliphatic rings. The number of benzene rings is 1. The maximum absolute atomic E-state index is 15.0. The van der Waals surface area contributed by atoms with E-state index in [-0.39, 0.29) is 28.3 Å². The van der Waals surface area contributed by atoms with Crippen molar-refractivity contribution in [3.63, 3.8) is 0 Å². The van der Waals surface area contributed by atoms with Crippen molar-refractivity contribution in [3.05, 3.63) is 69.8 Å². The second-order valence-electron chi connectivity index (χ2n) is 6.50. The van der Waals surface area contributed by atoms with Crippen LogP contribution < -0.4 is 5.73 Å². The normalized spacial score (nSPS) is 18.9. The van der Waals surface area contributed by atoms with Gasteiger partial charge in [-0.3, -0.25) is 14.7 Å². The molecule has 11 heteroatoms. The largest absolute Gasteiger partial charge is 0.369 e. The molecule has 0 saturated heterocycles. The van der Waals surface area contributed by atoms with Gasteiger partial charge in [-0.2, -0.15) is 0 Å². The Morgan fingerprint density at radius 3 is 2.53 bits per heavy atom. The molecule has 0 fully saturated rings. The highest BCUT2D eigenvalue weighted by molar-refractivity contribution is 7.07. The van der Waals surface area contributed by atoms with Crippen LogP contribution in [0.5, 0.6) is 0 Å². The van der Waals surface area contributed by atoms with Gasteiger partial charge in [0, 0.05) is 35.8 Å². The van der Waals surface area contributed by atoms with Gasteiger partial charge in [0.2, 0.25) is 0 Å². The smallest absolute Gasteiger partial charge is 0.280 e. The summed E-state index contributed by atoms with van der Waals surface area (Å²) in [5, 5.41) is 1.55. The summed E-state index contributed by atoms with van der Waals surface area (Å²) in [4.78, 5) is 25.9. The fraction of sp³-hybridized carbons (Fsp3) is 0.158. The molecule has 0 radical (unpaired) electrons. The molecule has 0 aliphatic carbocycles. The van der Waals surface area contributed by atoms with E-state index in [1.54, 1.807) is 5.38 Å². The maximum atomic E-state index is 15.0. The lowest BCUT2D eigenvalue weighted by molar-refractivity contribution is -0.129. The van der Waals surface area contributed by atoms with Crippen molar-refractivity contribution in [3.8, 4) is 11.3 Å². The second-order valence-corrected chi connectivity index (χ2v) is 7.22. The standard InChI is InChI=1S/C19H13F4N5OS/c1-28-17(29)19(27-18(28)24,9-2-3-25-14(4-9)16(22)23)11-5-10(12(20)6-13(11)21)15-7-30-8-26-15/h2-8,16H,1H3,(H2,24,27). The van der Waals surface area contributed by atoms with Crippen LogP contribution in [-0.4, -0.2) is 33.8 Å². The number of rotatable bonds is 4. The number of halogens is 4. The van der Waals surface area contributed by atoms with E-state index in [2.05, 4.69) is 15.0 Å². The molecular formula is C19H13F4N5OS. The number of carbonyl (C=O) groups is 1. The van der Waals surface area contributed by atoms with Crippen LogP contribution in [0.3, 0.4) is 0 Å². The van der Waals surface area contributed by atoms with Crippen LogP contribution in [0, 0.1) is 11.6 Å². The van der Waals surface area contributed by atoms with Gasteiger partial charge in [-0.25, -0.2) is 27.5 Å². The van der Waals surface area contributed by atoms with Gasteiger partial charge < -0.3 is 5.73 Å². The predicted octanol–water partition coefficient (Wildman–Crippen LogP) is 3.45. The highest BCUT2D eigenvalue weighted by atomic mass is 32.1. The SMILES string of the molecule is CN1C(=O)C(c2ccnc(C(F)F)c2)(c2cc(-c3cscn3)c(F)cc2F)N=C1N. The van der Waals surface area contributed by atoms with Crippen LogP contribution in [0.2, 0.25) is 0 Å². The lowest BCUT2D eigenvalue weighted by Gasteiger charge is -2.27. The Kier molecular flexibility index (Phi) is 4.77. The van der Waals surface area contributed by atoms with E-state index in [1.807, 2.05) is 0 Å². The van der Waals surface area contributed by atoms with Crippen LogP contribution in [0.4, 0.5) is 17.6 Å². The second kappa shape index (κ2) is 7.17. The number of thiazole rings is 1. The van der Waals surface area contributed by atoms with Gasteiger partial charge in [0.1, 0.15) is 17.3 Å². The number of carbonyl (C=O) groups excluding carboxylic acids is 1. The molecule has 1 unspecified atom stereocenters. The van der Waals surface area contributed by atoms with Crippen LogP contribution in [0.1, 0.15) is 23.2 Å². The molecule has 2 N–H and O–H groups in total. The molecule has 1 aliphatic heterocycles. The fourth-order valence-corrected chi connectivity index (χ4v) is 3.87. The van der Waals surface area contributed by atoms with Crippen molar-refractivity contribution in [2.24, 2.45) is 10.7 Å². The van der Waals surface area contributed by atoms with Crippen molar-refractivity contribution in [1.29, 1.82) is 0 Å². The number of amides is 1. The molecule has 3 heterocycles. The Morgan fingerprint density at radius 1 is 1.17 bits per heavy atom. The number of guanidine groups is 1. The summed E-state index contributed by atoms with van der Waals surface area (Å²) in [7, 11) is 1.32. The van der Waals surface area contributed by atoms with Crippen LogP contribution in [0.15, 0.2) is 46.3 Å². The zero-order chi connectivity index (χ0) is 21.6. The number of aromatic nitrogens is 2. The third kappa shape index (κ3) is 2.93. The molecular weight excluding hydrogens is 422 g/mol. The summed E-state index contributed by atoms with van der Waals surface area (Å²) in [5.74, 6) is -2.99. The zero-order valence-electron chi connectivity index (χ0n) is 15.3.